The molecule has 0 radical (unpaired) electrons. The molecule has 0 amide bonds. The van der Waals surface area contributed by atoms with Gasteiger partial charge in [0.1, 0.15) is 0 Å². The molecule has 2 heterocycles. The number of aryl methyl sites for hydroxylation is 1. The number of benzene rings is 2. The molecule has 4 rings (SSSR count). The molecule has 0 fully saturated rings. The number of hydrogen-bond acceptors (Lipinski definition) is 6. The summed E-state index contributed by atoms with van der Waals surface area (Å²) in [6.45, 7) is 2.12. The van der Waals surface area contributed by atoms with Gasteiger partial charge < -0.3 is 0 Å². The first-order valence-electron chi connectivity index (χ1n) is 8.01. The van der Waals surface area contributed by atoms with Gasteiger partial charge in [0.25, 0.3) is 0 Å². The molecule has 26 heavy (non-hydrogen) atoms. The third kappa shape index (κ3) is 4.43. The van der Waals surface area contributed by atoms with Gasteiger partial charge in [-0.05, 0) is 42.8 Å². The maximum atomic E-state index is 6.03. The summed E-state index contributed by atoms with van der Waals surface area (Å²) in [5.74, 6) is 1.86. The van der Waals surface area contributed by atoms with Gasteiger partial charge in [0.15, 0.2) is 8.68 Å². The van der Waals surface area contributed by atoms with Crippen LogP contribution in [-0.2, 0) is 0 Å². The third-order valence-corrected chi connectivity index (χ3v) is 8.09. The number of thiazole rings is 2. The molecule has 132 valence electrons. The zero-order valence-electron chi connectivity index (χ0n) is 13.9. The number of nitrogens with zero attached hydrogens (tertiary/aromatic N) is 2. The van der Waals surface area contributed by atoms with Gasteiger partial charge in [0.05, 0.1) is 20.4 Å². The van der Waals surface area contributed by atoms with Crippen molar-refractivity contribution in [1.29, 1.82) is 0 Å². The molecule has 0 N–H and O–H groups in total. The Labute approximate surface area is 173 Å². The van der Waals surface area contributed by atoms with Gasteiger partial charge in [-0.15, -0.1) is 22.7 Å². The molecule has 0 aliphatic rings. The monoisotopic (exact) mass is 434 g/mol. The van der Waals surface area contributed by atoms with E-state index in [2.05, 4.69) is 47.2 Å². The van der Waals surface area contributed by atoms with E-state index in [0.29, 0.717) is 0 Å². The van der Waals surface area contributed by atoms with Crippen LogP contribution >= 0.6 is 57.8 Å². The lowest BCUT2D eigenvalue weighted by Gasteiger charge is -1.91. The normalized spacial score (nSPS) is 11.9. The van der Waals surface area contributed by atoms with E-state index < -0.39 is 0 Å². The molecule has 7 heteroatoms. The average Bonchev–Trinajstić information content (AvgIpc) is 3.20. The van der Waals surface area contributed by atoms with Crippen LogP contribution in [0.1, 0.15) is 5.56 Å². The van der Waals surface area contributed by atoms with Gasteiger partial charge in [-0.1, -0.05) is 53.3 Å². The summed E-state index contributed by atoms with van der Waals surface area (Å²) in [6.07, 6.45) is 4.41. The molecule has 0 aliphatic carbocycles. The lowest BCUT2D eigenvalue weighted by Crippen LogP contribution is -1.75. The minimum atomic E-state index is 0.764. The molecule has 2 aromatic carbocycles. The highest BCUT2D eigenvalue weighted by Crippen LogP contribution is 2.32. The molecule has 0 bridgehead atoms. The molecule has 0 spiro atoms. The van der Waals surface area contributed by atoms with E-state index in [1.54, 1.807) is 46.2 Å². The predicted octanol–water partition coefficient (Wildman–Crippen LogP) is 7.31. The minimum absolute atomic E-state index is 0.764. The summed E-state index contributed by atoms with van der Waals surface area (Å²) in [5.41, 5.74) is 3.40. The molecular formula is C19H15ClN2S4. The summed E-state index contributed by atoms with van der Waals surface area (Å²) < 4.78 is 4.63. The Kier molecular flexibility index (Phi) is 5.86. The Hall–Kier alpha value is -1.05. The van der Waals surface area contributed by atoms with Crippen molar-refractivity contribution in [1.82, 2.24) is 9.97 Å². The largest absolute Gasteiger partial charge is 0.230 e. The van der Waals surface area contributed by atoms with Crippen LogP contribution in [0, 0.1) is 6.92 Å². The minimum Gasteiger partial charge on any atom is -0.230 e. The van der Waals surface area contributed by atoms with E-state index in [-0.39, 0.29) is 0 Å². The second kappa shape index (κ2) is 8.31. The van der Waals surface area contributed by atoms with Gasteiger partial charge in [-0.2, -0.15) is 0 Å². The van der Waals surface area contributed by atoms with Gasteiger partial charge >= 0.3 is 0 Å². The standard InChI is InChI=1S/C19H15ClN2S4/c1-12-4-6-14-16(10-12)25-18(21-14)23-8-2-3-9-24-19-22-15-7-5-13(20)11-17(15)26-19/h2-7,10-11H,8-9H2,1H3/b3-2+. The summed E-state index contributed by atoms with van der Waals surface area (Å²) in [4.78, 5) is 9.30. The first-order chi connectivity index (χ1) is 12.7. The number of rotatable bonds is 6. The zero-order valence-corrected chi connectivity index (χ0v) is 18.0. The van der Waals surface area contributed by atoms with Crippen LogP contribution < -0.4 is 0 Å². The lowest BCUT2D eigenvalue weighted by molar-refractivity contribution is 1.30. The SMILES string of the molecule is Cc1ccc2nc(SC/C=C/CSc3nc4ccc(Cl)cc4s3)sc2c1. The number of aromatic nitrogens is 2. The van der Waals surface area contributed by atoms with Crippen LogP contribution in [0.2, 0.25) is 5.02 Å². The summed E-state index contributed by atoms with van der Waals surface area (Å²) in [6, 6.07) is 12.3. The van der Waals surface area contributed by atoms with E-state index >= 15 is 0 Å². The van der Waals surface area contributed by atoms with Gasteiger partial charge in [0, 0.05) is 16.5 Å². The van der Waals surface area contributed by atoms with Crippen molar-refractivity contribution in [2.24, 2.45) is 0 Å². The predicted molar refractivity (Wildman–Crippen MR) is 120 cm³/mol. The van der Waals surface area contributed by atoms with Crippen molar-refractivity contribution in [3.05, 3.63) is 59.1 Å². The van der Waals surface area contributed by atoms with Crippen molar-refractivity contribution < 1.29 is 0 Å². The number of fused-ring (bicyclic) bond motifs is 2. The van der Waals surface area contributed by atoms with E-state index in [1.807, 2.05) is 18.2 Å². The first-order valence-corrected chi connectivity index (χ1v) is 12.0. The van der Waals surface area contributed by atoms with Crippen LogP contribution in [0.4, 0.5) is 0 Å². The summed E-state index contributed by atoms with van der Waals surface area (Å²) >= 11 is 13.0. The highest BCUT2D eigenvalue weighted by molar-refractivity contribution is 8.01. The quantitative estimate of drug-likeness (QED) is 0.234. The van der Waals surface area contributed by atoms with Gasteiger partial charge in [-0.3, -0.25) is 0 Å². The maximum absolute atomic E-state index is 6.03. The van der Waals surface area contributed by atoms with Crippen molar-refractivity contribution in [2.45, 2.75) is 15.6 Å². The third-order valence-electron chi connectivity index (χ3n) is 3.63. The maximum Gasteiger partial charge on any atom is 0.151 e. The molecule has 0 atom stereocenters. The second-order valence-corrected chi connectivity index (χ2v) is 10.7. The van der Waals surface area contributed by atoms with Crippen LogP contribution in [0.25, 0.3) is 20.4 Å². The number of hydrogen-bond donors (Lipinski definition) is 0. The van der Waals surface area contributed by atoms with Crippen molar-refractivity contribution in [3.63, 3.8) is 0 Å². The Bertz CT molecular complexity index is 998. The summed E-state index contributed by atoms with van der Waals surface area (Å²) in [5, 5.41) is 0.764. The summed E-state index contributed by atoms with van der Waals surface area (Å²) in [7, 11) is 0. The van der Waals surface area contributed by atoms with Crippen LogP contribution in [-0.4, -0.2) is 21.5 Å². The Morgan fingerprint density at radius 3 is 2.12 bits per heavy atom. The van der Waals surface area contributed by atoms with Crippen molar-refractivity contribution >= 4 is 78.2 Å². The molecule has 2 nitrogen and oxygen atoms in total. The number of halogens is 1. The Morgan fingerprint density at radius 1 is 0.885 bits per heavy atom. The first kappa shape index (κ1) is 18.3. The van der Waals surface area contributed by atoms with Gasteiger partial charge in [-0.25, -0.2) is 9.97 Å². The van der Waals surface area contributed by atoms with E-state index in [0.717, 1.165) is 40.9 Å². The fraction of sp³-hybridized carbons (Fsp3) is 0.158. The molecule has 0 saturated carbocycles. The highest BCUT2D eigenvalue weighted by Gasteiger charge is 2.05. The molecular weight excluding hydrogens is 420 g/mol. The average molecular weight is 435 g/mol. The molecule has 4 aromatic rings. The molecule has 2 aromatic heterocycles. The van der Waals surface area contributed by atoms with Crippen molar-refractivity contribution in [2.75, 3.05) is 11.5 Å². The zero-order chi connectivity index (χ0) is 17.9. The smallest absolute Gasteiger partial charge is 0.151 e. The molecule has 0 unspecified atom stereocenters. The molecule has 0 saturated heterocycles. The fourth-order valence-corrected chi connectivity index (χ4v) is 6.65. The fourth-order valence-electron chi connectivity index (χ4n) is 2.39. The van der Waals surface area contributed by atoms with Crippen LogP contribution in [0.15, 0.2) is 57.2 Å². The van der Waals surface area contributed by atoms with E-state index in [9.17, 15) is 0 Å². The van der Waals surface area contributed by atoms with Crippen LogP contribution in [0.5, 0.6) is 0 Å². The van der Waals surface area contributed by atoms with Crippen molar-refractivity contribution in [3.8, 4) is 0 Å². The topological polar surface area (TPSA) is 25.8 Å². The van der Waals surface area contributed by atoms with Crippen LogP contribution in [0.3, 0.4) is 0 Å². The Morgan fingerprint density at radius 2 is 1.46 bits per heavy atom. The number of thioether (sulfide) groups is 2. The highest BCUT2D eigenvalue weighted by atomic mass is 35.5. The van der Waals surface area contributed by atoms with E-state index in [4.69, 9.17) is 11.6 Å². The Balaban J connectivity index is 1.28. The molecule has 0 aliphatic heterocycles. The van der Waals surface area contributed by atoms with Gasteiger partial charge in [0.2, 0.25) is 0 Å². The van der Waals surface area contributed by atoms with E-state index in [1.165, 1.54) is 10.3 Å². The lowest BCUT2D eigenvalue weighted by atomic mass is 10.2. The second-order valence-electron chi connectivity index (χ2n) is 5.64.